The number of likely N-dealkylation sites (tertiary alicyclic amines) is 1. The van der Waals surface area contributed by atoms with Crippen molar-refractivity contribution in [1.29, 1.82) is 0 Å². The molecule has 0 radical (unpaired) electrons. The van der Waals surface area contributed by atoms with Crippen molar-refractivity contribution in [3.05, 3.63) is 0 Å². The smallest absolute Gasteiger partial charge is 0.240 e. The number of hydrogen-bond acceptors (Lipinski definition) is 3. The van der Waals surface area contributed by atoms with Gasteiger partial charge < -0.3 is 15.0 Å². The number of hydrogen-bond donors (Lipinski definition) is 1. The van der Waals surface area contributed by atoms with Gasteiger partial charge in [0.1, 0.15) is 0 Å². The molecule has 0 aromatic carbocycles. The highest BCUT2D eigenvalue weighted by Gasteiger charge is 2.43. The highest BCUT2D eigenvalue weighted by atomic mass is 16.5. The lowest BCUT2D eigenvalue weighted by atomic mass is 9.81. The van der Waals surface area contributed by atoms with E-state index in [1.54, 1.807) is 0 Å². The van der Waals surface area contributed by atoms with E-state index in [1.807, 2.05) is 0 Å². The Kier molecular flexibility index (Phi) is 3.03. The summed E-state index contributed by atoms with van der Waals surface area (Å²) < 4.78 is 5.81. The summed E-state index contributed by atoms with van der Waals surface area (Å²) in [4.78, 5) is 14.5. The molecule has 19 heavy (non-hydrogen) atoms. The van der Waals surface area contributed by atoms with E-state index in [0.717, 1.165) is 19.6 Å². The second kappa shape index (κ2) is 4.74. The van der Waals surface area contributed by atoms with E-state index in [-0.39, 0.29) is 6.04 Å². The van der Waals surface area contributed by atoms with E-state index in [9.17, 15) is 4.79 Å². The monoisotopic (exact) mass is 264 g/mol. The summed E-state index contributed by atoms with van der Waals surface area (Å²) in [5, 5.41) is 3.68. The topological polar surface area (TPSA) is 41.6 Å². The van der Waals surface area contributed by atoms with Gasteiger partial charge in [-0.3, -0.25) is 4.79 Å². The molecule has 0 spiro atoms. The maximum absolute atomic E-state index is 12.4. The minimum Gasteiger partial charge on any atom is -0.378 e. The zero-order valence-corrected chi connectivity index (χ0v) is 11.5. The third-order valence-corrected chi connectivity index (χ3v) is 5.42. The number of amides is 1. The molecule has 4 aliphatic rings. The van der Waals surface area contributed by atoms with Crippen molar-refractivity contribution in [2.45, 2.75) is 69.2 Å². The van der Waals surface area contributed by atoms with Crippen LogP contribution < -0.4 is 5.32 Å². The van der Waals surface area contributed by atoms with Crippen molar-refractivity contribution in [1.82, 2.24) is 10.2 Å². The molecule has 2 aliphatic carbocycles. The maximum atomic E-state index is 12.4. The first kappa shape index (κ1) is 12.2. The Bertz CT molecular complexity index is 369. The van der Waals surface area contributed by atoms with Crippen molar-refractivity contribution in [3.63, 3.8) is 0 Å². The minimum absolute atomic E-state index is 0.0879. The van der Waals surface area contributed by atoms with Gasteiger partial charge in [0.2, 0.25) is 5.91 Å². The zero-order chi connectivity index (χ0) is 12.8. The zero-order valence-electron chi connectivity index (χ0n) is 11.5. The summed E-state index contributed by atoms with van der Waals surface area (Å²) in [5.41, 5.74) is 0. The van der Waals surface area contributed by atoms with Crippen LogP contribution >= 0.6 is 0 Å². The van der Waals surface area contributed by atoms with Crippen LogP contribution in [0.2, 0.25) is 0 Å². The molecule has 0 aromatic rings. The molecule has 4 atom stereocenters. The van der Waals surface area contributed by atoms with E-state index >= 15 is 0 Å². The Hall–Kier alpha value is -0.610. The highest BCUT2D eigenvalue weighted by Crippen LogP contribution is 2.36. The third-order valence-electron chi connectivity index (χ3n) is 5.42. The number of rotatable bonds is 3. The molecule has 4 fully saturated rings. The molecule has 2 heterocycles. The largest absolute Gasteiger partial charge is 0.378 e. The van der Waals surface area contributed by atoms with Gasteiger partial charge in [-0.1, -0.05) is 0 Å². The number of carbonyl (C=O) groups excluding carboxylic acids is 1. The van der Waals surface area contributed by atoms with Crippen LogP contribution in [0, 0.1) is 5.92 Å². The maximum Gasteiger partial charge on any atom is 0.240 e. The van der Waals surface area contributed by atoms with Gasteiger partial charge in [0.15, 0.2) is 0 Å². The molecular weight excluding hydrogens is 240 g/mol. The van der Waals surface area contributed by atoms with Gasteiger partial charge in [0.05, 0.1) is 12.1 Å². The quantitative estimate of drug-likeness (QED) is 0.835. The fourth-order valence-corrected chi connectivity index (χ4v) is 4.25. The lowest BCUT2D eigenvalue weighted by Crippen LogP contribution is -2.50. The van der Waals surface area contributed by atoms with Crippen LogP contribution in [-0.2, 0) is 9.53 Å². The van der Waals surface area contributed by atoms with E-state index in [0.29, 0.717) is 30.0 Å². The predicted octanol–water partition coefficient (Wildman–Crippen LogP) is 1.30. The molecule has 0 unspecified atom stereocenters. The molecule has 1 N–H and O–H groups in total. The molecule has 0 aromatic heterocycles. The Morgan fingerprint density at radius 1 is 1.11 bits per heavy atom. The van der Waals surface area contributed by atoms with Crippen molar-refractivity contribution in [3.8, 4) is 0 Å². The van der Waals surface area contributed by atoms with Crippen LogP contribution in [0.4, 0.5) is 0 Å². The molecule has 2 saturated carbocycles. The number of nitrogens with one attached hydrogen (secondary N) is 1. The molecule has 0 bridgehead atoms. The standard InChI is InChI=1S/C15H24N2O2/c18-15-13(6-8-17(15)10-4-5-10)16-12-2-1-3-14-11(12)7-9-19-14/h10-14,16H,1-9H2/t11-,12-,13-,14-/m1/s1. The van der Waals surface area contributed by atoms with Crippen molar-refractivity contribution in [2.24, 2.45) is 5.92 Å². The van der Waals surface area contributed by atoms with Crippen molar-refractivity contribution >= 4 is 5.91 Å². The van der Waals surface area contributed by atoms with Crippen molar-refractivity contribution in [2.75, 3.05) is 13.2 Å². The SMILES string of the molecule is O=C1[C@H](N[C@@H]2CCC[C@H]3OCC[C@H]23)CCN1C1CC1. The molecule has 2 aliphatic heterocycles. The van der Waals surface area contributed by atoms with Crippen LogP contribution in [0.25, 0.3) is 0 Å². The number of ether oxygens (including phenoxy) is 1. The molecule has 106 valence electrons. The first-order chi connectivity index (χ1) is 9.33. The molecule has 4 heteroatoms. The van der Waals surface area contributed by atoms with Gasteiger partial charge in [-0.05, 0) is 44.9 Å². The minimum atomic E-state index is 0.0879. The van der Waals surface area contributed by atoms with Gasteiger partial charge in [-0.25, -0.2) is 0 Å². The van der Waals surface area contributed by atoms with Gasteiger partial charge >= 0.3 is 0 Å². The van der Waals surface area contributed by atoms with Crippen LogP contribution in [0.3, 0.4) is 0 Å². The number of fused-ring (bicyclic) bond motifs is 1. The lowest BCUT2D eigenvalue weighted by Gasteiger charge is -2.34. The number of nitrogens with zero attached hydrogens (tertiary/aromatic N) is 1. The molecule has 1 amide bonds. The molecule has 2 saturated heterocycles. The second-order valence-corrected chi connectivity index (χ2v) is 6.67. The molecule has 4 nitrogen and oxygen atoms in total. The Morgan fingerprint density at radius 3 is 2.84 bits per heavy atom. The normalized spacial score (nSPS) is 42.7. The van der Waals surface area contributed by atoms with Gasteiger partial charge in [0, 0.05) is 31.2 Å². The van der Waals surface area contributed by atoms with E-state index in [1.165, 1.54) is 38.5 Å². The van der Waals surface area contributed by atoms with Crippen LogP contribution in [0.15, 0.2) is 0 Å². The summed E-state index contributed by atoms with van der Waals surface area (Å²) in [7, 11) is 0. The van der Waals surface area contributed by atoms with E-state index in [2.05, 4.69) is 10.2 Å². The summed E-state index contributed by atoms with van der Waals surface area (Å²) in [5.74, 6) is 1.01. The predicted molar refractivity (Wildman–Crippen MR) is 71.8 cm³/mol. The fourth-order valence-electron chi connectivity index (χ4n) is 4.25. The van der Waals surface area contributed by atoms with Gasteiger partial charge in [-0.2, -0.15) is 0 Å². The highest BCUT2D eigenvalue weighted by molar-refractivity contribution is 5.84. The van der Waals surface area contributed by atoms with E-state index in [4.69, 9.17) is 4.74 Å². The lowest BCUT2D eigenvalue weighted by molar-refractivity contribution is -0.130. The average Bonchev–Trinajstić information content (AvgIpc) is 3.02. The average molecular weight is 264 g/mol. The summed E-state index contributed by atoms with van der Waals surface area (Å²) in [6.45, 7) is 1.89. The second-order valence-electron chi connectivity index (χ2n) is 6.67. The van der Waals surface area contributed by atoms with Crippen molar-refractivity contribution < 1.29 is 9.53 Å². The molecular formula is C15H24N2O2. The van der Waals surface area contributed by atoms with Crippen LogP contribution in [-0.4, -0.2) is 48.2 Å². The van der Waals surface area contributed by atoms with Gasteiger partial charge in [-0.15, -0.1) is 0 Å². The Labute approximate surface area is 114 Å². The van der Waals surface area contributed by atoms with Crippen LogP contribution in [0.1, 0.15) is 44.9 Å². The summed E-state index contributed by atoms with van der Waals surface area (Å²) in [6.07, 6.45) is 8.77. The summed E-state index contributed by atoms with van der Waals surface area (Å²) in [6, 6.07) is 1.17. The fraction of sp³-hybridized carbons (Fsp3) is 0.933. The van der Waals surface area contributed by atoms with Gasteiger partial charge in [0.25, 0.3) is 0 Å². The molecule has 4 rings (SSSR count). The number of carbonyl (C=O) groups is 1. The Morgan fingerprint density at radius 2 is 2.00 bits per heavy atom. The van der Waals surface area contributed by atoms with E-state index < -0.39 is 0 Å². The first-order valence-electron chi connectivity index (χ1n) is 8.01. The Balaban J connectivity index is 1.39. The summed E-state index contributed by atoms with van der Waals surface area (Å²) >= 11 is 0. The van der Waals surface area contributed by atoms with Crippen LogP contribution in [0.5, 0.6) is 0 Å². The third kappa shape index (κ3) is 2.19. The first-order valence-corrected chi connectivity index (χ1v) is 8.01.